The maximum absolute atomic E-state index is 12.8. The molecule has 28 heavy (non-hydrogen) atoms. The van der Waals surface area contributed by atoms with Crippen molar-refractivity contribution in [1.82, 2.24) is 4.98 Å². The van der Waals surface area contributed by atoms with Gasteiger partial charge < -0.3 is 9.47 Å². The number of hydrogen-bond acceptors (Lipinski definition) is 7. The predicted molar refractivity (Wildman–Crippen MR) is 108 cm³/mol. The second kappa shape index (κ2) is 7.25. The summed E-state index contributed by atoms with van der Waals surface area (Å²) in [6.45, 7) is -0.0710. The first-order valence-corrected chi connectivity index (χ1v) is 10.9. The van der Waals surface area contributed by atoms with Crippen LogP contribution in [0, 0.1) is 0 Å². The molecule has 1 aliphatic heterocycles. The lowest BCUT2D eigenvalue weighted by Gasteiger charge is -2.20. The van der Waals surface area contributed by atoms with Gasteiger partial charge in [-0.15, -0.1) is 0 Å². The lowest BCUT2D eigenvalue weighted by atomic mass is 10.2. The van der Waals surface area contributed by atoms with Gasteiger partial charge in [0.05, 0.1) is 23.1 Å². The van der Waals surface area contributed by atoms with Crippen molar-refractivity contribution < 1.29 is 22.7 Å². The van der Waals surface area contributed by atoms with Crippen LogP contribution in [0.4, 0.5) is 5.13 Å². The van der Waals surface area contributed by atoms with E-state index in [0.717, 1.165) is 4.70 Å². The van der Waals surface area contributed by atoms with Crippen molar-refractivity contribution >= 4 is 47.3 Å². The van der Waals surface area contributed by atoms with Crippen molar-refractivity contribution in [2.24, 2.45) is 0 Å². The summed E-state index contributed by atoms with van der Waals surface area (Å²) in [5, 5.41) is 3.00. The molecule has 3 aromatic rings. The molecule has 0 bridgehead atoms. The third-order valence-electron chi connectivity index (χ3n) is 4.17. The molecule has 0 atom stereocenters. The number of rotatable bonds is 4. The lowest BCUT2D eigenvalue weighted by Crippen LogP contribution is -2.28. The Morgan fingerprint density at radius 1 is 1.21 bits per heavy atom. The Hall–Kier alpha value is -2.91. The van der Waals surface area contributed by atoms with Crippen LogP contribution < -0.4 is 10.1 Å². The van der Waals surface area contributed by atoms with E-state index in [2.05, 4.69) is 10.3 Å². The third-order valence-corrected chi connectivity index (χ3v) is 6.85. The van der Waals surface area contributed by atoms with Gasteiger partial charge in [0.15, 0.2) is 15.0 Å². The molecule has 9 heteroatoms. The van der Waals surface area contributed by atoms with Gasteiger partial charge in [0.2, 0.25) is 5.76 Å². The molecule has 0 radical (unpaired) electrons. The van der Waals surface area contributed by atoms with Crippen molar-refractivity contribution in [1.29, 1.82) is 0 Å². The topological polar surface area (TPSA) is 94.6 Å². The monoisotopic (exact) mass is 416 g/mol. The van der Waals surface area contributed by atoms with Crippen molar-refractivity contribution in [2.45, 2.75) is 0 Å². The number of methoxy groups -OCH3 is 1. The fourth-order valence-corrected chi connectivity index (χ4v) is 5.20. The first-order chi connectivity index (χ1) is 13.5. The Bertz CT molecular complexity index is 1180. The number of aromatic nitrogens is 1. The lowest BCUT2D eigenvalue weighted by molar-refractivity contribution is -0.115. The molecule has 1 aromatic heterocycles. The van der Waals surface area contributed by atoms with Gasteiger partial charge in [-0.25, -0.2) is 13.4 Å². The molecule has 0 unspecified atom stereocenters. The molecule has 4 rings (SSSR count). The van der Waals surface area contributed by atoms with E-state index in [-0.39, 0.29) is 23.0 Å². The zero-order valence-corrected chi connectivity index (χ0v) is 16.5. The Morgan fingerprint density at radius 2 is 2.00 bits per heavy atom. The molecule has 0 aliphatic carbocycles. The van der Waals surface area contributed by atoms with E-state index in [9.17, 15) is 13.2 Å². The average Bonchev–Trinajstić information content (AvgIpc) is 3.08. The summed E-state index contributed by atoms with van der Waals surface area (Å²) in [6, 6.07) is 13.9. The van der Waals surface area contributed by atoms with Gasteiger partial charge in [-0.1, -0.05) is 41.7 Å². The normalized spacial score (nSPS) is 15.9. The standard InChI is InChI=1S/C19H16N2O5S2/c1-25-13-7-8-14-15(11-13)27-19(20-14)21-18(22)16-17(12-5-3-2-4-6-12)28(23,24)10-9-26-16/h2-8,11H,9-10H2,1H3,(H,20,21,22). The van der Waals surface area contributed by atoms with Crippen LogP contribution in [0.5, 0.6) is 5.75 Å². The van der Waals surface area contributed by atoms with Crippen LogP contribution in [-0.2, 0) is 19.4 Å². The van der Waals surface area contributed by atoms with Crippen LogP contribution in [0.3, 0.4) is 0 Å². The van der Waals surface area contributed by atoms with E-state index in [1.165, 1.54) is 11.3 Å². The number of amides is 1. The molecule has 0 saturated heterocycles. The van der Waals surface area contributed by atoms with E-state index >= 15 is 0 Å². The molecule has 2 heterocycles. The minimum atomic E-state index is -3.64. The quantitative estimate of drug-likeness (QED) is 0.702. The number of fused-ring (bicyclic) bond motifs is 1. The number of nitrogens with zero attached hydrogens (tertiary/aromatic N) is 1. The van der Waals surface area contributed by atoms with Crippen molar-refractivity contribution in [3.63, 3.8) is 0 Å². The number of benzene rings is 2. The molecular formula is C19H16N2O5S2. The van der Waals surface area contributed by atoms with Crippen molar-refractivity contribution in [3.05, 3.63) is 59.9 Å². The Kier molecular flexibility index (Phi) is 4.78. The number of hydrogen-bond donors (Lipinski definition) is 1. The van der Waals surface area contributed by atoms with Gasteiger partial charge in [0.1, 0.15) is 17.3 Å². The summed E-state index contributed by atoms with van der Waals surface area (Å²) in [5.41, 5.74) is 1.12. The Balaban J connectivity index is 1.72. The van der Waals surface area contributed by atoms with E-state index < -0.39 is 15.7 Å². The van der Waals surface area contributed by atoms with Crippen LogP contribution in [0.2, 0.25) is 0 Å². The maximum atomic E-state index is 12.8. The summed E-state index contributed by atoms with van der Waals surface area (Å²) in [7, 11) is -2.06. The molecule has 0 fully saturated rings. The zero-order valence-electron chi connectivity index (χ0n) is 14.8. The van der Waals surface area contributed by atoms with Crippen LogP contribution in [0.1, 0.15) is 5.56 Å². The van der Waals surface area contributed by atoms with E-state index in [1.807, 2.05) is 6.07 Å². The molecule has 0 saturated carbocycles. The molecule has 2 aromatic carbocycles. The SMILES string of the molecule is COc1ccc2nc(NC(=O)C3=C(c4ccccc4)S(=O)(=O)CCO3)sc2c1. The first-order valence-electron chi connectivity index (χ1n) is 8.39. The summed E-state index contributed by atoms with van der Waals surface area (Å²) in [4.78, 5) is 17.1. The number of anilines is 1. The molecule has 0 spiro atoms. The Morgan fingerprint density at radius 3 is 2.75 bits per heavy atom. The minimum Gasteiger partial charge on any atom is -0.497 e. The van der Waals surface area contributed by atoms with Gasteiger partial charge in [-0.3, -0.25) is 10.1 Å². The van der Waals surface area contributed by atoms with Crippen LogP contribution >= 0.6 is 11.3 Å². The highest BCUT2D eigenvalue weighted by atomic mass is 32.2. The van der Waals surface area contributed by atoms with Crippen LogP contribution in [-0.4, -0.2) is 38.8 Å². The maximum Gasteiger partial charge on any atom is 0.293 e. The summed E-state index contributed by atoms with van der Waals surface area (Å²) < 4.78 is 36.7. The van der Waals surface area contributed by atoms with Gasteiger partial charge in [0, 0.05) is 0 Å². The molecular weight excluding hydrogens is 400 g/mol. The van der Waals surface area contributed by atoms with Crippen molar-refractivity contribution in [2.75, 3.05) is 24.8 Å². The summed E-state index contributed by atoms with van der Waals surface area (Å²) in [6.07, 6.45) is 0. The second-order valence-electron chi connectivity index (χ2n) is 6.00. The highest BCUT2D eigenvalue weighted by Gasteiger charge is 2.33. The van der Waals surface area contributed by atoms with Gasteiger partial charge >= 0.3 is 0 Å². The van der Waals surface area contributed by atoms with Crippen LogP contribution in [0.25, 0.3) is 15.1 Å². The number of thiazole rings is 1. The van der Waals surface area contributed by atoms with E-state index in [1.54, 1.807) is 49.6 Å². The molecule has 144 valence electrons. The predicted octanol–water partition coefficient (Wildman–Crippen LogP) is 3.06. The fraction of sp³-hybridized carbons (Fsp3) is 0.158. The van der Waals surface area contributed by atoms with Gasteiger partial charge in [0.25, 0.3) is 5.91 Å². The second-order valence-corrected chi connectivity index (χ2v) is 9.08. The Labute approximate surface area is 165 Å². The van der Waals surface area contributed by atoms with E-state index in [4.69, 9.17) is 9.47 Å². The first kappa shape index (κ1) is 18.5. The highest BCUT2D eigenvalue weighted by molar-refractivity contribution is 8.00. The number of ether oxygens (including phenoxy) is 2. The number of sulfone groups is 1. The molecule has 7 nitrogen and oxygen atoms in total. The molecule has 1 amide bonds. The molecule has 1 N–H and O–H groups in total. The average molecular weight is 416 g/mol. The minimum absolute atomic E-state index is 0.0710. The van der Waals surface area contributed by atoms with E-state index in [0.29, 0.717) is 22.0 Å². The zero-order chi connectivity index (χ0) is 19.7. The number of carbonyl (C=O) groups is 1. The van der Waals surface area contributed by atoms with Crippen molar-refractivity contribution in [3.8, 4) is 5.75 Å². The largest absolute Gasteiger partial charge is 0.497 e. The summed E-state index contributed by atoms with van der Waals surface area (Å²) >= 11 is 1.27. The number of nitrogens with one attached hydrogen (secondary N) is 1. The van der Waals surface area contributed by atoms with Gasteiger partial charge in [-0.05, 0) is 23.8 Å². The highest BCUT2D eigenvalue weighted by Crippen LogP contribution is 2.32. The van der Waals surface area contributed by atoms with Gasteiger partial charge in [-0.2, -0.15) is 0 Å². The third kappa shape index (κ3) is 3.46. The molecule has 1 aliphatic rings. The smallest absolute Gasteiger partial charge is 0.293 e. The van der Waals surface area contributed by atoms with Crippen LogP contribution in [0.15, 0.2) is 54.3 Å². The summed E-state index contributed by atoms with van der Waals surface area (Å²) in [5.74, 6) is -0.346. The fourth-order valence-electron chi connectivity index (χ4n) is 2.87. The number of carbonyl (C=O) groups excluding carboxylic acids is 1.